The number of allylic oxidation sites excluding steroid dienone is 2. The Hall–Kier alpha value is -0.960. The second-order valence-electron chi connectivity index (χ2n) is 7.68. The van der Waals surface area contributed by atoms with Crippen molar-refractivity contribution >= 4 is 11.6 Å². The normalized spacial score (nSPS) is 34.0. The third-order valence-corrected chi connectivity index (χ3v) is 5.82. The van der Waals surface area contributed by atoms with Crippen LogP contribution in [0.1, 0.15) is 46.0 Å². The first-order chi connectivity index (χ1) is 10.6. The highest BCUT2D eigenvalue weighted by atomic mass is 16.1. The molecule has 0 amide bonds. The quantitative estimate of drug-likeness (QED) is 0.678. The standard InChI is InChI=1S/C19H29NO2/c1-13(2)19(22)18-15-8-7-14(12-15)17(18)16(21)6-5-11-20-9-3-4-10-20/h7-8,13-15,17-18H,3-6,9-12H2,1-2H3. The van der Waals surface area contributed by atoms with Gasteiger partial charge in [-0.3, -0.25) is 9.59 Å². The maximum atomic E-state index is 12.7. The van der Waals surface area contributed by atoms with Crippen LogP contribution in [0.15, 0.2) is 12.2 Å². The molecule has 0 radical (unpaired) electrons. The lowest BCUT2D eigenvalue weighted by atomic mass is 9.74. The Labute approximate surface area is 134 Å². The largest absolute Gasteiger partial charge is 0.303 e. The molecule has 4 atom stereocenters. The molecule has 3 aliphatic rings. The summed E-state index contributed by atoms with van der Waals surface area (Å²) in [7, 11) is 0. The van der Waals surface area contributed by atoms with Gasteiger partial charge >= 0.3 is 0 Å². The molecule has 0 aromatic carbocycles. The minimum Gasteiger partial charge on any atom is -0.303 e. The molecule has 22 heavy (non-hydrogen) atoms. The Morgan fingerprint density at radius 1 is 1.09 bits per heavy atom. The van der Waals surface area contributed by atoms with E-state index in [0.717, 1.165) is 19.4 Å². The van der Waals surface area contributed by atoms with E-state index in [9.17, 15) is 9.59 Å². The summed E-state index contributed by atoms with van der Waals surface area (Å²) in [5.41, 5.74) is 0. The second kappa shape index (κ2) is 6.66. The predicted molar refractivity (Wildman–Crippen MR) is 87.5 cm³/mol. The Bertz CT molecular complexity index is 462. The van der Waals surface area contributed by atoms with Crippen molar-refractivity contribution in [2.45, 2.75) is 46.0 Å². The van der Waals surface area contributed by atoms with Crippen molar-refractivity contribution in [1.29, 1.82) is 0 Å². The molecular weight excluding hydrogens is 274 g/mol. The molecule has 1 heterocycles. The average Bonchev–Trinajstić information content (AvgIpc) is 3.22. The first kappa shape index (κ1) is 15.9. The molecule has 3 nitrogen and oxygen atoms in total. The van der Waals surface area contributed by atoms with E-state index in [1.165, 1.54) is 25.9 Å². The van der Waals surface area contributed by atoms with E-state index >= 15 is 0 Å². The van der Waals surface area contributed by atoms with Gasteiger partial charge in [0.1, 0.15) is 11.6 Å². The number of hydrogen-bond acceptors (Lipinski definition) is 3. The molecule has 2 bridgehead atoms. The molecule has 0 aromatic heterocycles. The topological polar surface area (TPSA) is 37.4 Å². The summed E-state index contributed by atoms with van der Waals surface area (Å²) >= 11 is 0. The summed E-state index contributed by atoms with van der Waals surface area (Å²) < 4.78 is 0. The molecule has 1 saturated carbocycles. The summed E-state index contributed by atoms with van der Waals surface area (Å²) in [6, 6.07) is 0. The van der Waals surface area contributed by atoms with Gasteiger partial charge in [-0.1, -0.05) is 26.0 Å². The van der Waals surface area contributed by atoms with E-state index in [0.29, 0.717) is 29.8 Å². The molecule has 122 valence electrons. The number of carbonyl (C=O) groups is 2. The summed E-state index contributed by atoms with van der Waals surface area (Å²) in [6.07, 6.45) is 9.61. The molecule has 1 saturated heterocycles. The van der Waals surface area contributed by atoms with Gasteiger partial charge in [-0.25, -0.2) is 0 Å². The van der Waals surface area contributed by atoms with Gasteiger partial charge in [0.25, 0.3) is 0 Å². The lowest BCUT2D eigenvalue weighted by Crippen LogP contribution is -2.35. The molecule has 4 unspecified atom stereocenters. The number of hydrogen-bond donors (Lipinski definition) is 0. The van der Waals surface area contributed by atoms with Crippen LogP contribution in [-0.2, 0) is 9.59 Å². The van der Waals surface area contributed by atoms with Crippen molar-refractivity contribution in [1.82, 2.24) is 4.90 Å². The fourth-order valence-electron chi connectivity index (χ4n) is 4.68. The maximum absolute atomic E-state index is 12.7. The maximum Gasteiger partial charge on any atom is 0.139 e. The first-order valence-corrected chi connectivity index (χ1v) is 9.05. The molecule has 3 rings (SSSR count). The SMILES string of the molecule is CC(C)C(=O)C1C2C=CC(C2)C1C(=O)CCCN1CCCC1. The molecule has 0 spiro atoms. The van der Waals surface area contributed by atoms with E-state index in [1.807, 2.05) is 13.8 Å². The lowest BCUT2D eigenvalue weighted by molar-refractivity contribution is -0.134. The van der Waals surface area contributed by atoms with Crippen LogP contribution < -0.4 is 0 Å². The van der Waals surface area contributed by atoms with Crippen molar-refractivity contribution in [3.63, 3.8) is 0 Å². The molecule has 0 aromatic rings. The molecule has 2 aliphatic carbocycles. The van der Waals surface area contributed by atoms with Gasteiger partial charge in [-0.15, -0.1) is 0 Å². The Kier molecular flexibility index (Phi) is 4.82. The Balaban J connectivity index is 1.57. The van der Waals surface area contributed by atoms with Crippen LogP contribution in [0.3, 0.4) is 0 Å². The molecule has 3 heteroatoms. The fourth-order valence-corrected chi connectivity index (χ4v) is 4.68. The first-order valence-electron chi connectivity index (χ1n) is 9.05. The highest BCUT2D eigenvalue weighted by Crippen LogP contribution is 2.49. The highest BCUT2D eigenvalue weighted by Gasteiger charge is 2.50. The van der Waals surface area contributed by atoms with Crippen molar-refractivity contribution in [3.8, 4) is 0 Å². The number of rotatable bonds is 7. The summed E-state index contributed by atoms with van der Waals surface area (Å²) in [6.45, 7) is 7.37. The second-order valence-corrected chi connectivity index (χ2v) is 7.68. The van der Waals surface area contributed by atoms with E-state index in [1.54, 1.807) is 0 Å². The van der Waals surface area contributed by atoms with Gasteiger partial charge in [0.2, 0.25) is 0 Å². The lowest BCUT2D eigenvalue weighted by Gasteiger charge is -2.27. The highest BCUT2D eigenvalue weighted by molar-refractivity contribution is 5.92. The Morgan fingerprint density at radius 3 is 2.36 bits per heavy atom. The average molecular weight is 303 g/mol. The van der Waals surface area contributed by atoms with Gasteiger partial charge < -0.3 is 4.90 Å². The number of fused-ring (bicyclic) bond motifs is 2. The van der Waals surface area contributed by atoms with Crippen molar-refractivity contribution in [3.05, 3.63) is 12.2 Å². The van der Waals surface area contributed by atoms with E-state index in [-0.39, 0.29) is 17.8 Å². The van der Waals surface area contributed by atoms with Crippen LogP contribution in [0.5, 0.6) is 0 Å². The molecule has 2 fully saturated rings. The zero-order valence-electron chi connectivity index (χ0n) is 14.0. The van der Waals surface area contributed by atoms with Crippen molar-refractivity contribution < 1.29 is 9.59 Å². The van der Waals surface area contributed by atoms with Gasteiger partial charge in [0, 0.05) is 24.2 Å². The zero-order valence-corrected chi connectivity index (χ0v) is 14.0. The van der Waals surface area contributed by atoms with Crippen molar-refractivity contribution in [2.24, 2.45) is 29.6 Å². The minimum absolute atomic E-state index is 0.0246. The number of nitrogens with zero attached hydrogens (tertiary/aromatic N) is 1. The zero-order chi connectivity index (χ0) is 15.7. The van der Waals surface area contributed by atoms with E-state index < -0.39 is 0 Å². The van der Waals surface area contributed by atoms with Crippen LogP contribution in [0.2, 0.25) is 0 Å². The Morgan fingerprint density at radius 2 is 1.73 bits per heavy atom. The summed E-state index contributed by atoms with van der Waals surface area (Å²) in [5, 5.41) is 0. The van der Waals surface area contributed by atoms with Crippen LogP contribution in [0.4, 0.5) is 0 Å². The number of Topliss-reactive ketones (excluding diaryl/α,β-unsaturated/α-hetero) is 2. The monoisotopic (exact) mass is 303 g/mol. The van der Waals surface area contributed by atoms with Crippen LogP contribution >= 0.6 is 0 Å². The van der Waals surface area contributed by atoms with Gasteiger partial charge in [-0.2, -0.15) is 0 Å². The van der Waals surface area contributed by atoms with Gasteiger partial charge in [0.15, 0.2) is 0 Å². The van der Waals surface area contributed by atoms with Crippen LogP contribution in [0.25, 0.3) is 0 Å². The van der Waals surface area contributed by atoms with Crippen LogP contribution in [-0.4, -0.2) is 36.1 Å². The molecule has 0 N–H and O–H groups in total. The third-order valence-electron chi connectivity index (χ3n) is 5.82. The summed E-state index contributed by atoms with van der Waals surface area (Å²) in [4.78, 5) is 27.7. The van der Waals surface area contributed by atoms with Crippen LogP contribution in [0, 0.1) is 29.6 Å². The predicted octanol–water partition coefficient (Wildman–Crippen LogP) is 3.09. The molecule has 1 aliphatic heterocycles. The van der Waals surface area contributed by atoms with E-state index in [4.69, 9.17) is 0 Å². The summed E-state index contributed by atoms with van der Waals surface area (Å²) in [5.74, 6) is 1.28. The third kappa shape index (κ3) is 3.05. The van der Waals surface area contributed by atoms with Gasteiger partial charge in [0.05, 0.1) is 0 Å². The number of likely N-dealkylation sites (tertiary alicyclic amines) is 1. The fraction of sp³-hybridized carbons (Fsp3) is 0.789. The van der Waals surface area contributed by atoms with Crippen molar-refractivity contribution in [2.75, 3.05) is 19.6 Å². The van der Waals surface area contributed by atoms with E-state index in [2.05, 4.69) is 17.1 Å². The molecular formula is C19H29NO2. The number of ketones is 2. The minimum atomic E-state index is -0.0331. The van der Waals surface area contributed by atoms with Gasteiger partial charge in [-0.05, 0) is 57.2 Å². The number of carbonyl (C=O) groups excluding carboxylic acids is 2. The smallest absolute Gasteiger partial charge is 0.139 e.